The van der Waals surface area contributed by atoms with Crippen molar-refractivity contribution < 1.29 is 18.0 Å². The van der Waals surface area contributed by atoms with Crippen LogP contribution < -0.4 is 5.73 Å². The smallest absolute Gasteiger partial charge is 0.324 e. The number of allylic oxidation sites excluding steroid dienone is 1. The fourth-order valence-corrected chi connectivity index (χ4v) is 2.16. The quantitative estimate of drug-likeness (QED) is 0.857. The summed E-state index contributed by atoms with van der Waals surface area (Å²) in [6.07, 6.45) is -0.340. The summed E-state index contributed by atoms with van der Waals surface area (Å²) in [7, 11) is 0. The van der Waals surface area contributed by atoms with E-state index in [2.05, 4.69) is 0 Å². The molecule has 0 saturated heterocycles. The van der Waals surface area contributed by atoms with Crippen LogP contribution in [0.5, 0.6) is 0 Å². The lowest BCUT2D eigenvalue weighted by atomic mass is 9.96. The van der Waals surface area contributed by atoms with Gasteiger partial charge in [0.05, 0.1) is 5.56 Å². The molecule has 0 amide bonds. The summed E-state index contributed by atoms with van der Waals surface area (Å²) in [6, 6.07) is 4.75. The number of rotatable bonds is 3. The van der Waals surface area contributed by atoms with E-state index < -0.39 is 11.7 Å². The second-order valence-corrected chi connectivity index (χ2v) is 4.73. The lowest BCUT2D eigenvalue weighted by molar-refractivity contribution is -0.137. The number of Topliss-reactive ketones (excluding diaryl/α,β-unsaturated/α-hetero) is 1. The summed E-state index contributed by atoms with van der Waals surface area (Å²) in [4.78, 5) is 11.9. The van der Waals surface area contributed by atoms with Gasteiger partial charge in [0.15, 0.2) is 0 Å². The Hall–Kier alpha value is -1.62. The molecule has 2 nitrogen and oxygen atoms in total. The summed E-state index contributed by atoms with van der Waals surface area (Å²) >= 11 is 0. The van der Waals surface area contributed by atoms with Gasteiger partial charge >= 0.3 is 6.18 Å². The van der Waals surface area contributed by atoms with Crippen LogP contribution in [0.3, 0.4) is 0 Å². The molecule has 2 N–H and O–H groups in total. The van der Waals surface area contributed by atoms with Gasteiger partial charge in [0, 0.05) is 18.4 Å². The van der Waals surface area contributed by atoms with Gasteiger partial charge in [-0.15, -0.1) is 0 Å². The predicted molar refractivity (Wildman–Crippen MR) is 65.4 cm³/mol. The van der Waals surface area contributed by atoms with Gasteiger partial charge in [0.2, 0.25) is 0 Å². The average Bonchev–Trinajstić information content (AvgIpc) is 2.75. The van der Waals surface area contributed by atoms with Gasteiger partial charge in [-0.2, -0.15) is 13.2 Å². The van der Waals surface area contributed by atoms with Crippen molar-refractivity contribution in [2.75, 3.05) is 0 Å². The third kappa shape index (κ3) is 3.44. The van der Waals surface area contributed by atoms with Gasteiger partial charge in [0.1, 0.15) is 5.78 Å². The minimum absolute atomic E-state index is 0.00560. The molecule has 0 heterocycles. The Kier molecular flexibility index (Phi) is 3.75. The number of alkyl halides is 3. The van der Waals surface area contributed by atoms with E-state index in [0.717, 1.165) is 12.1 Å². The van der Waals surface area contributed by atoms with E-state index in [1.165, 1.54) is 12.1 Å². The Morgan fingerprint density at radius 1 is 1.32 bits per heavy atom. The highest BCUT2D eigenvalue weighted by atomic mass is 19.4. The first-order valence-electron chi connectivity index (χ1n) is 5.99. The molecule has 0 saturated carbocycles. The summed E-state index contributed by atoms with van der Waals surface area (Å²) in [5, 5.41) is 0. The number of benzene rings is 1. The van der Waals surface area contributed by atoms with Crippen molar-refractivity contribution in [3.05, 3.63) is 47.5 Å². The number of ketones is 1. The van der Waals surface area contributed by atoms with Crippen LogP contribution in [-0.2, 0) is 17.4 Å². The standard InChI is InChI=1S/C14H14F3NO/c15-14(16,17)11-3-1-2-9(6-11)7-13(19)10-4-5-12(18)8-10/h1-6,10,12H,7-8,18H2. The van der Waals surface area contributed by atoms with Gasteiger partial charge in [-0.05, 0) is 18.1 Å². The summed E-state index contributed by atoms with van der Waals surface area (Å²) in [6.45, 7) is 0. The van der Waals surface area contributed by atoms with Crippen LogP contribution in [0.1, 0.15) is 17.5 Å². The van der Waals surface area contributed by atoms with Crippen LogP contribution in [0.2, 0.25) is 0 Å². The van der Waals surface area contributed by atoms with Crippen LogP contribution in [0.25, 0.3) is 0 Å². The lowest BCUT2D eigenvalue weighted by Gasteiger charge is -2.10. The van der Waals surface area contributed by atoms with Crippen molar-refractivity contribution in [2.24, 2.45) is 11.7 Å². The SMILES string of the molecule is NC1C=CC(C(=O)Cc2cccc(C(F)(F)F)c2)C1. The molecule has 1 aliphatic carbocycles. The van der Waals surface area contributed by atoms with Crippen molar-refractivity contribution in [3.8, 4) is 0 Å². The fraction of sp³-hybridized carbons (Fsp3) is 0.357. The number of carbonyl (C=O) groups is 1. The average molecular weight is 269 g/mol. The largest absolute Gasteiger partial charge is 0.416 e. The second-order valence-electron chi connectivity index (χ2n) is 4.73. The molecule has 0 bridgehead atoms. The summed E-state index contributed by atoms with van der Waals surface area (Å²) in [5.74, 6) is -0.368. The number of carbonyl (C=O) groups excluding carboxylic acids is 1. The van der Waals surface area contributed by atoms with Crippen LogP contribution in [-0.4, -0.2) is 11.8 Å². The zero-order valence-electron chi connectivity index (χ0n) is 10.2. The van der Waals surface area contributed by atoms with Crippen LogP contribution in [0, 0.1) is 5.92 Å². The minimum atomic E-state index is -4.38. The monoisotopic (exact) mass is 269 g/mol. The molecule has 1 aromatic carbocycles. The maximum atomic E-state index is 12.5. The third-order valence-corrected chi connectivity index (χ3v) is 3.16. The Balaban J connectivity index is 2.07. The summed E-state index contributed by atoms with van der Waals surface area (Å²) in [5.41, 5.74) is 5.31. The molecule has 0 radical (unpaired) electrons. The molecular weight excluding hydrogens is 255 g/mol. The van der Waals surface area contributed by atoms with Gasteiger partial charge in [-0.1, -0.05) is 30.4 Å². The highest BCUT2D eigenvalue weighted by Gasteiger charge is 2.30. The molecule has 19 heavy (non-hydrogen) atoms. The topological polar surface area (TPSA) is 43.1 Å². The molecular formula is C14H14F3NO. The maximum absolute atomic E-state index is 12.5. The number of halogens is 3. The van der Waals surface area contributed by atoms with Gasteiger partial charge in [-0.25, -0.2) is 0 Å². The fourth-order valence-electron chi connectivity index (χ4n) is 2.16. The number of hydrogen-bond acceptors (Lipinski definition) is 2. The van der Waals surface area contributed by atoms with E-state index in [0.29, 0.717) is 12.0 Å². The molecule has 0 aliphatic heterocycles. The van der Waals surface area contributed by atoms with E-state index in [-0.39, 0.29) is 24.2 Å². The number of nitrogens with two attached hydrogens (primary N) is 1. The zero-order valence-corrected chi connectivity index (χ0v) is 10.2. The van der Waals surface area contributed by atoms with Crippen molar-refractivity contribution in [3.63, 3.8) is 0 Å². The van der Waals surface area contributed by atoms with Crippen molar-refractivity contribution in [1.29, 1.82) is 0 Å². The summed E-state index contributed by atoms with van der Waals surface area (Å²) < 4.78 is 37.6. The molecule has 2 rings (SSSR count). The molecule has 0 aromatic heterocycles. The van der Waals surface area contributed by atoms with E-state index in [1.54, 1.807) is 12.2 Å². The van der Waals surface area contributed by atoms with Gasteiger partial charge < -0.3 is 5.73 Å². The minimum Gasteiger partial charge on any atom is -0.324 e. The Morgan fingerprint density at radius 3 is 2.63 bits per heavy atom. The first-order chi connectivity index (χ1) is 8.86. The molecule has 1 aliphatic rings. The van der Waals surface area contributed by atoms with Crippen LogP contribution >= 0.6 is 0 Å². The van der Waals surface area contributed by atoms with E-state index >= 15 is 0 Å². The van der Waals surface area contributed by atoms with Gasteiger partial charge in [-0.3, -0.25) is 4.79 Å². The van der Waals surface area contributed by atoms with Crippen molar-refractivity contribution in [1.82, 2.24) is 0 Å². The zero-order chi connectivity index (χ0) is 14.0. The van der Waals surface area contributed by atoms with E-state index in [1.807, 2.05) is 0 Å². The Labute approximate surface area is 109 Å². The van der Waals surface area contributed by atoms with Crippen LogP contribution in [0.4, 0.5) is 13.2 Å². The molecule has 5 heteroatoms. The molecule has 0 spiro atoms. The highest BCUT2D eigenvalue weighted by molar-refractivity contribution is 5.85. The number of hydrogen-bond donors (Lipinski definition) is 1. The molecule has 2 unspecified atom stereocenters. The van der Waals surface area contributed by atoms with Crippen molar-refractivity contribution in [2.45, 2.75) is 25.1 Å². The third-order valence-electron chi connectivity index (χ3n) is 3.16. The lowest BCUT2D eigenvalue weighted by Crippen LogP contribution is -2.20. The molecule has 1 aromatic rings. The van der Waals surface area contributed by atoms with Gasteiger partial charge in [0.25, 0.3) is 0 Å². The van der Waals surface area contributed by atoms with E-state index in [9.17, 15) is 18.0 Å². The Morgan fingerprint density at radius 2 is 2.05 bits per heavy atom. The molecule has 0 fully saturated rings. The first-order valence-corrected chi connectivity index (χ1v) is 5.99. The second kappa shape index (κ2) is 5.17. The first kappa shape index (κ1) is 13.8. The molecule has 102 valence electrons. The predicted octanol–water partition coefficient (Wildman–Crippen LogP) is 2.72. The molecule has 2 atom stereocenters. The van der Waals surface area contributed by atoms with E-state index in [4.69, 9.17) is 5.73 Å². The normalized spacial score (nSPS) is 22.7. The van der Waals surface area contributed by atoms with Crippen LogP contribution in [0.15, 0.2) is 36.4 Å². The van der Waals surface area contributed by atoms with Crippen molar-refractivity contribution >= 4 is 5.78 Å². The maximum Gasteiger partial charge on any atom is 0.416 e. The highest BCUT2D eigenvalue weighted by Crippen LogP contribution is 2.30. The Bertz CT molecular complexity index is 508.